The summed E-state index contributed by atoms with van der Waals surface area (Å²) in [7, 11) is 0. The van der Waals surface area contributed by atoms with Crippen molar-refractivity contribution in [3.63, 3.8) is 0 Å². The van der Waals surface area contributed by atoms with Gasteiger partial charge in [0.25, 0.3) is 0 Å². The fourth-order valence-electron chi connectivity index (χ4n) is 1.42. The molecule has 1 amide bonds. The van der Waals surface area contributed by atoms with E-state index in [-0.39, 0.29) is 0 Å². The molecule has 0 heterocycles. The fraction of sp³-hybridized carbons (Fsp3) is 0.364. The molecule has 0 aromatic heterocycles. The third-order valence-electron chi connectivity index (χ3n) is 2.47. The maximum atomic E-state index is 10.9. The molecule has 2 N–H and O–H groups in total. The summed E-state index contributed by atoms with van der Waals surface area (Å²) < 4.78 is 5.10. The van der Waals surface area contributed by atoms with Crippen LogP contribution in [0.2, 0.25) is 10.0 Å². The molecule has 0 aliphatic carbocycles. The molecular formula is C11H13Cl2NO2. The van der Waals surface area contributed by atoms with Crippen LogP contribution >= 0.6 is 23.2 Å². The first kappa shape index (κ1) is 13.1. The lowest BCUT2D eigenvalue weighted by Gasteiger charge is -2.28. The van der Waals surface area contributed by atoms with Gasteiger partial charge in [-0.05, 0) is 37.1 Å². The summed E-state index contributed by atoms with van der Waals surface area (Å²) in [5, 5.41) is 0.991. The van der Waals surface area contributed by atoms with Crippen molar-refractivity contribution < 1.29 is 9.53 Å². The van der Waals surface area contributed by atoms with Gasteiger partial charge in [0.05, 0.1) is 0 Å². The van der Waals surface area contributed by atoms with Crippen molar-refractivity contribution in [1.82, 2.24) is 0 Å². The first-order chi connectivity index (χ1) is 7.37. The van der Waals surface area contributed by atoms with E-state index in [9.17, 15) is 4.79 Å². The van der Waals surface area contributed by atoms with Gasteiger partial charge in [0.15, 0.2) is 0 Å². The van der Waals surface area contributed by atoms with E-state index < -0.39 is 11.7 Å². The molecule has 0 saturated carbocycles. The average molecular weight is 262 g/mol. The summed E-state index contributed by atoms with van der Waals surface area (Å²) in [6, 6.07) is 5.03. The predicted octanol–water partition coefficient (Wildman–Crippen LogP) is 3.71. The van der Waals surface area contributed by atoms with Crippen molar-refractivity contribution in [3.8, 4) is 0 Å². The molecule has 0 fully saturated rings. The van der Waals surface area contributed by atoms with Crippen LogP contribution in [0.1, 0.15) is 25.8 Å². The fourth-order valence-corrected chi connectivity index (χ4v) is 1.94. The molecule has 0 radical (unpaired) electrons. The minimum absolute atomic E-state index is 0.496. The number of carbonyl (C=O) groups is 1. The van der Waals surface area contributed by atoms with Gasteiger partial charge in [-0.1, -0.05) is 30.1 Å². The van der Waals surface area contributed by atoms with E-state index in [1.165, 1.54) is 0 Å². The summed E-state index contributed by atoms with van der Waals surface area (Å²) in [6.07, 6.45) is -0.243. The highest BCUT2D eigenvalue weighted by atomic mass is 35.5. The Morgan fingerprint density at radius 2 is 1.88 bits per heavy atom. The van der Waals surface area contributed by atoms with Gasteiger partial charge in [0, 0.05) is 10.0 Å². The third-order valence-corrected chi connectivity index (χ3v) is 2.91. The van der Waals surface area contributed by atoms with Gasteiger partial charge in [0.1, 0.15) is 5.60 Å². The maximum Gasteiger partial charge on any atom is 0.405 e. The standard InChI is InChI=1S/C11H13Cl2NO2/c1-3-11(2,16-10(14)15)7-4-8(12)6-9(13)5-7/h4-6H,3H2,1-2H3,(H2,14,15). The first-order valence-electron chi connectivity index (χ1n) is 4.82. The third kappa shape index (κ3) is 3.03. The number of nitrogens with two attached hydrogens (primary N) is 1. The Hall–Kier alpha value is -0.930. The second-order valence-corrected chi connectivity index (χ2v) is 4.54. The van der Waals surface area contributed by atoms with Crippen molar-refractivity contribution in [1.29, 1.82) is 0 Å². The minimum atomic E-state index is -0.819. The SMILES string of the molecule is CCC(C)(OC(N)=O)c1cc(Cl)cc(Cl)c1. The average Bonchev–Trinajstić information content (AvgIpc) is 2.15. The van der Waals surface area contributed by atoms with Crippen molar-refractivity contribution >= 4 is 29.3 Å². The summed E-state index contributed by atoms with van der Waals surface area (Å²) in [6.45, 7) is 3.65. The van der Waals surface area contributed by atoms with Gasteiger partial charge in [-0.15, -0.1) is 0 Å². The quantitative estimate of drug-likeness (QED) is 0.902. The highest BCUT2D eigenvalue weighted by molar-refractivity contribution is 6.34. The molecule has 88 valence electrons. The topological polar surface area (TPSA) is 52.3 Å². The zero-order valence-corrected chi connectivity index (χ0v) is 10.6. The smallest absolute Gasteiger partial charge is 0.405 e. The summed E-state index contributed by atoms with van der Waals surface area (Å²) in [5.74, 6) is 0. The molecule has 0 saturated heterocycles. The molecule has 16 heavy (non-hydrogen) atoms. The van der Waals surface area contributed by atoms with Crippen LogP contribution in [-0.4, -0.2) is 6.09 Å². The number of hydrogen-bond acceptors (Lipinski definition) is 2. The molecule has 1 unspecified atom stereocenters. The summed E-state index contributed by atoms with van der Waals surface area (Å²) in [5.41, 5.74) is 4.96. The normalized spacial score (nSPS) is 14.2. The zero-order chi connectivity index (χ0) is 12.3. The molecule has 5 heteroatoms. The van der Waals surface area contributed by atoms with E-state index in [2.05, 4.69) is 0 Å². The molecular weight excluding hydrogens is 249 g/mol. The van der Waals surface area contributed by atoms with Gasteiger partial charge >= 0.3 is 6.09 Å². The first-order valence-corrected chi connectivity index (χ1v) is 5.58. The monoisotopic (exact) mass is 261 g/mol. The number of amides is 1. The number of primary amides is 1. The second-order valence-electron chi connectivity index (χ2n) is 3.66. The molecule has 0 aliphatic rings. The molecule has 1 aromatic rings. The molecule has 1 rings (SSSR count). The van der Waals surface area contributed by atoms with Crippen LogP contribution in [0.5, 0.6) is 0 Å². The Bertz CT molecular complexity index is 389. The largest absolute Gasteiger partial charge is 0.439 e. The Morgan fingerprint density at radius 1 is 1.38 bits per heavy atom. The van der Waals surface area contributed by atoms with Gasteiger partial charge in [-0.3, -0.25) is 0 Å². The van der Waals surface area contributed by atoms with Crippen molar-refractivity contribution in [2.45, 2.75) is 25.9 Å². The lowest BCUT2D eigenvalue weighted by Crippen LogP contribution is -2.31. The number of benzene rings is 1. The molecule has 0 spiro atoms. The Labute approximate surface area is 104 Å². The van der Waals surface area contributed by atoms with Gasteiger partial charge < -0.3 is 10.5 Å². The van der Waals surface area contributed by atoms with Gasteiger partial charge in [0.2, 0.25) is 0 Å². The minimum Gasteiger partial charge on any atom is -0.439 e. The molecule has 0 bridgehead atoms. The van der Waals surface area contributed by atoms with Crippen LogP contribution in [0.4, 0.5) is 4.79 Å². The molecule has 1 aromatic carbocycles. The number of carbonyl (C=O) groups excluding carboxylic acids is 1. The Kier molecular flexibility index (Phi) is 4.05. The van der Waals surface area contributed by atoms with E-state index in [4.69, 9.17) is 33.7 Å². The van der Waals surface area contributed by atoms with Crippen LogP contribution in [0.3, 0.4) is 0 Å². The van der Waals surface area contributed by atoms with E-state index in [1.54, 1.807) is 25.1 Å². The van der Waals surface area contributed by atoms with E-state index >= 15 is 0 Å². The van der Waals surface area contributed by atoms with Crippen LogP contribution in [0.15, 0.2) is 18.2 Å². The summed E-state index contributed by atoms with van der Waals surface area (Å²) >= 11 is 11.8. The van der Waals surface area contributed by atoms with Crippen molar-refractivity contribution in [3.05, 3.63) is 33.8 Å². The zero-order valence-electron chi connectivity index (χ0n) is 9.09. The predicted molar refractivity (Wildman–Crippen MR) is 64.8 cm³/mol. The molecule has 0 aliphatic heterocycles. The van der Waals surface area contributed by atoms with E-state index in [0.717, 1.165) is 5.56 Å². The summed E-state index contributed by atoms with van der Waals surface area (Å²) in [4.78, 5) is 10.9. The van der Waals surface area contributed by atoms with Crippen LogP contribution in [-0.2, 0) is 10.3 Å². The van der Waals surface area contributed by atoms with Crippen LogP contribution in [0.25, 0.3) is 0 Å². The van der Waals surface area contributed by atoms with Crippen LogP contribution in [0, 0.1) is 0 Å². The van der Waals surface area contributed by atoms with Crippen molar-refractivity contribution in [2.24, 2.45) is 5.73 Å². The van der Waals surface area contributed by atoms with Crippen molar-refractivity contribution in [2.75, 3.05) is 0 Å². The molecule has 1 atom stereocenters. The van der Waals surface area contributed by atoms with Gasteiger partial charge in [-0.2, -0.15) is 0 Å². The number of halogens is 2. The maximum absolute atomic E-state index is 10.9. The van der Waals surface area contributed by atoms with E-state index in [0.29, 0.717) is 16.5 Å². The molecule has 3 nitrogen and oxygen atoms in total. The Balaban J connectivity index is 3.16. The number of rotatable bonds is 3. The number of hydrogen-bond donors (Lipinski definition) is 1. The van der Waals surface area contributed by atoms with E-state index in [1.807, 2.05) is 6.92 Å². The lowest BCUT2D eigenvalue weighted by atomic mass is 9.93. The van der Waals surface area contributed by atoms with Gasteiger partial charge in [-0.25, -0.2) is 4.79 Å². The Morgan fingerprint density at radius 3 is 2.25 bits per heavy atom. The highest BCUT2D eigenvalue weighted by Crippen LogP contribution is 2.32. The highest BCUT2D eigenvalue weighted by Gasteiger charge is 2.29. The second kappa shape index (κ2) is 4.93. The number of ether oxygens (including phenoxy) is 1. The van der Waals surface area contributed by atoms with Crippen LogP contribution < -0.4 is 5.73 Å². The lowest BCUT2D eigenvalue weighted by molar-refractivity contribution is 0.0249.